The van der Waals surface area contributed by atoms with E-state index in [0.29, 0.717) is 0 Å². The van der Waals surface area contributed by atoms with Crippen LogP contribution in [0.5, 0.6) is 5.75 Å². The first-order valence-corrected chi connectivity index (χ1v) is 4.80. The molecule has 0 heterocycles. The van der Waals surface area contributed by atoms with Gasteiger partial charge in [0.1, 0.15) is 5.56 Å². The van der Waals surface area contributed by atoms with Gasteiger partial charge < -0.3 is 10.1 Å². The fourth-order valence-electron chi connectivity index (χ4n) is 1.28. The van der Waals surface area contributed by atoms with E-state index in [2.05, 4.69) is 10.1 Å². The Kier molecular flexibility index (Phi) is 4.20. The summed E-state index contributed by atoms with van der Waals surface area (Å²) < 4.78 is 31.6. The molecule has 1 aromatic carbocycles. The van der Waals surface area contributed by atoms with E-state index in [1.165, 1.54) is 7.05 Å². The van der Waals surface area contributed by atoms with Gasteiger partial charge in [-0.05, 0) is 13.1 Å². The number of likely N-dealkylation sites (N-methyl/N-ethyl adjacent to an activating group) is 1. The Morgan fingerprint density at radius 3 is 2.69 bits per heavy atom. The maximum absolute atomic E-state index is 13.6. The van der Waals surface area contributed by atoms with Crippen LogP contribution < -0.4 is 10.1 Å². The molecule has 0 atom stereocenters. The van der Waals surface area contributed by atoms with Gasteiger partial charge in [0.25, 0.3) is 0 Å². The zero-order valence-corrected chi connectivity index (χ0v) is 9.49. The number of carbonyl (C=O) groups is 1. The Morgan fingerprint density at radius 1 is 1.56 bits per heavy atom. The molecular weight excluding hydrogens is 240 g/mol. The molecule has 16 heavy (non-hydrogen) atoms. The average Bonchev–Trinajstić information content (AvgIpc) is 2.23. The van der Waals surface area contributed by atoms with Crippen LogP contribution in [0.25, 0.3) is 0 Å². The molecule has 0 spiro atoms. The molecule has 1 aromatic rings. The first-order valence-electron chi connectivity index (χ1n) is 4.42. The number of Topliss-reactive ketones (excluding diaryl/α,β-unsaturated/α-hetero) is 1. The SMILES string of the molecule is CNCC(=O)c1c(F)c(Cl)cc(F)c1OC. The summed E-state index contributed by atoms with van der Waals surface area (Å²) in [6.45, 7) is -0.132. The minimum absolute atomic E-state index is 0.132. The summed E-state index contributed by atoms with van der Waals surface area (Å²) in [7, 11) is 2.67. The van der Waals surface area contributed by atoms with Crippen LogP contribution in [-0.2, 0) is 0 Å². The van der Waals surface area contributed by atoms with Gasteiger partial charge in [0.05, 0.1) is 18.7 Å². The molecule has 1 rings (SSSR count). The summed E-state index contributed by atoms with van der Waals surface area (Å²) in [5.41, 5.74) is -0.471. The molecule has 3 nitrogen and oxygen atoms in total. The van der Waals surface area contributed by atoms with Crippen LogP contribution in [-0.4, -0.2) is 26.5 Å². The fraction of sp³-hybridized carbons (Fsp3) is 0.300. The second kappa shape index (κ2) is 5.23. The van der Waals surface area contributed by atoms with Crippen LogP contribution in [0, 0.1) is 11.6 Å². The van der Waals surface area contributed by atoms with Crippen molar-refractivity contribution >= 4 is 17.4 Å². The third-order valence-corrected chi connectivity index (χ3v) is 2.22. The minimum atomic E-state index is -0.972. The number of hydrogen-bond acceptors (Lipinski definition) is 3. The van der Waals surface area contributed by atoms with E-state index in [4.69, 9.17) is 11.6 Å². The van der Waals surface area contributed by atoms with Gasteiger partial charge in [-0.25, -0.2) is 8.78 Å². The molecule has 0 saturated heterocycles. The van der Waals surface area contributed by atoms with Crippen molar-refractivity contribution in [1.29, 1.82) is 0 Å². The Morgan fingerprint density at radius 2 is 2.19 bits per heavy atom. The Hall–Kier alpha value is -1.20. The second-order valence-corrected chi connectivity index (χ2v) is 3.42. The molecule has 0 amide bonds. The Balaban J connectivity index is 3.38. The van der Waals surface area contributed by atoms with E-state index in [9.17, 15) is 13.6 Å². The molecule has 6 heteroatoms. The molecule has 0 bridgehead atoms. The van der Waals surface area contributed by atoms with Crippen LogP contribution in [0.1, 0.15) is 10.4 Å². The van der Waals surface area contributed by atoms with Crippen molar-refractivity contribution in [3.05, 3.63) is 28.3 Å². The third kappa shape index (κ3) is 2.31. The number of ether oxygens (including phenoxy) is 1. The van der Waals surface area contributed by atoms with Gasteiger partial charge in [0, 0.05) is 0 Å². The maximum Gasteiger partial charge on any atom is 0.183 e. The lowest BCUT2D eigenvalue weighted by Gasteiger charge is -2.10. The van der Waals surface area contributed by atoms with E-state index >= 15 is 0 Å². The number of rotatable bonds is 4. The van der Waals surface area contributed by atoms with Gasteiger partial charge >= 0.3 is 0 Å². The molecule has 1 N–H and O–H groups in total. The molecule has 0 radical (unpaired) electrons. The van der Waals surface area contributed by atoms with Gasteiger partial charge in [0.2, 0.25) is 0 Å². The molecule has 0 aromatic heterocycles. The molecule has 0 aliphatic heterocycles. The summed E-state index contributed by atoms with van der Waals surface area (Å²) in [5.74, 6) is -2.89. The lowest BCUT2D eigenvalue weighted by atomic mass is 10.1. The molecule has 0 fully saturated rings. The van der Waals surface area contributed by atoms with Crippen LogP contribution in [0.15, 0.2) is 6.07 Å². The normalized spacial score (nSPS) is 10.3. The quantitative estimate of drug-likeness (QED) is 0.655. The Labute approximate surface area is 96.4 Å². The van der Waals surface area contributed by atoms with Crippen molar-refractivity contribution in [3.63, 3.8) is 0 Å². The number of methoxy groups -OCH3 is 1. The fourth-order valence-corrected chi connectivity index (χ4v) is 1.47. The highest BCUT2D eigenvalue weighted by atomic mass is 35.5. The van der Waals surface area contributed by atoms with Gasteiger partial charge in [-0.15, -0.1) is 0 Å². The average molecular weight is 250 g/mol. The minimum Gasteiger partial charge on any atom is -0.493 e. The van der Waals surface area contributed by atoms with Crippen molar-refractivity contribution in [2.24, 2.45) is 0 Å². The summed E-state index contributed by atoms with van der Waals surface area (Å²) in [6.07, 6.45) is 0. The lowest BCUT2D eigenvalue weighted by Crippen LogP contribution is -2.21. The highest BCUT2D eigenvalue weighted by Gasteiger charge is 2.23. The van der Waals surface area contributed by atoms with Gasteiger partial charge in [-0.2, -0.15) is 0 Å². The van der Waals surface area contributed by atoms with E-state index in [-0.39, 0.29) is 6.54 Å². The number of hydrogen-bond donors (Lipinski definition) is 1. The Bertz CT molecular complexity index is 424. The number of ketones is 1. The van der Waals surface area contributed by atoms with Crippen LogP contribution >= 0.6 is 11.6 Å². The first-order chi connectivity index (χ1) is 7.52. The first kappa shape index (κ1) is 12.9. The maximum atomic E-state index is 13.6. The molecule has 0 aliphatic rings. The van der Waals surface area contributed by atoms with E-state index in [1.807, 2.05) is 0 Å². The van der Waals surface area contributed by atoms with Gasteiger partial charge in [-0.3, -0.25) is 4.79 Å². The van der Waals surface area contributed by atoms with Crippen molar-refractivity contribution in [1.82, 2.24) is 5.32 Å². The molecule has 88 valence electrons. The summed E-state index contributed by atoms with van der Waals surface area (Å²) >= 11 is 5.45. The summed E-state index contributed by atoms with van der Waals surface area (Å²) in [6, 6.07) is 0.770. The summed E-state index contributed by atoms with van der Waals surface area (Å²) in [4.78, 5) is 11.5. The molecule has 0 saturated carbocycles. The van der Waals surface area contributed by atoms with Crippen LogP contribution in [0.4, 0.5) is 8.78 Å². The molecule has 0 unspecified atom stereocenters. The number of carbonyl (C=O) groups excluding carboxylic acids is 1. The standard InChI is InChI=1S/C10H10ClF2NO2/c1-14-4-7(15)8-9(13)5(11)3-6(12)10(8)16-2/h3,14H,4H2,1-2H3. The van der Waals surface area contributed by atoms with Gasteiger partial charge in [-0.1, -0.05) is 11.6 Å². The predicted octanol–water partition coefficient (Wildman–Crippen LogP) is 2.03. The monoisotopic (exact) mass is 249 g/mol. The van der Waals surface area contributed by atoms with E-state index < -0.39 is 33.8 Å². The van der Waals surface area contributed by atoms with Crippen molar-refractivity contribution < 1.29 is 18.3 Å². The lowest BCUT2D eigenvalue weighted by molar-refractivity contribution is 0.0985. The smallest absolute Gasteiger partial charge is 0.183 e. The zero-order valence-electron chi connectivity index (χ0n) is 8.73. The third-order valence-electron chi connectivity index (χ3n) is 1.95. The highest BCUT2D eigenvalue weighted by Crippen LogP contribution is 2.30. The van der Waals surface area contributed by atoms with Crippen molar-refractivity contribution in [2.75, 3.05) is 20.7 Å². The van der Waals surface area contributed by atoms with Crippen molar-refractivity contribution in [3.8, 4) is 5.75 Å². The topological polar surface area (TPSA) is 38.3 Å². The largest absolute Gasteiger partial charge is 0.493 e. The summed E-state index contributed by atoms with van der Waals surface area (Å²) in [5, 5.41) is 2.10. The number of halogens is 3. The zero-order chi connectivity index (χ0) is 12.3. The number of nitrogens with one attached hydrogen (secondary N) is 1. The van der Waals surface area contributed by atoms with Gasteiger partial charge in [0.15, 0.2) is 23.2 Å². The van der Waals surface area contributed by atoms with E-state index in [0.717, 1.165) is 13.2 Å². The molecule has 0 aliphatic carbocycles. The second-order valence-electron chi connectivity index (χ2n) is 3.02. The molecular formula is C10H10ClF2NO2. The van der Waals surface area contributed by atoms with E-state index in [1.54, 1.807) is 0 Å². The highest BCUT2D eigenvalue weighted by molar-refractivity contribution is 6.31. The van der Waals surface area contributed by atoms with Crippen molar-refractivity contribution in [2.45, 2.75) is 0 Å². The number of benzene rings is 1. The van der Waals surface area contributed by atoms with Crippen LogP contribution in [0.3, 0.4) is 0 Å². The predicted molar refractivity (Wildman–Crippen MR) is 56.2 cm³/mol. The van der Waals surface area contributed by atoms with Crippen LogP contribution in [0.2, 0.25) is 5.02 Å².